The molecule has 0 fully saturated rings. The van der Waals surface area contributed by atoms with E-state index in [1.165, 1.54) is 14.0 Å². The molecule has 0 saturated carbocycles. The summed E-state index contributed by atoms with van der Waals surface area (Å²) in [6, 6.07) is 0.859. The number of aromatic carboxylic acids is 1. The minimum atomic E-state index is -4.11. The zero-order chi connectivity index (χ0) is 16.2. The maximum Gasteiger partial charge on any atom is 0.338 e. The van der Waals surface area contributed by atoms with Crippen LogP contribution < -0.4 is 4.72 Å². The first-order chi connectivity index (χ1) is 9.72. The van der Waals surface area contributed by atoms with Gasteiger partial charge in [-0.25, -0.2) is 22.3 Å². The number of carboxylic acid groups (broad SMARTS) is 1. The SMILES string of the molecule is COCC(CO)NS(=O)(=O)c1cc(C)c(F)c(C(=O)O)c1. The van der Waals surface area contributed by atoms with E-state index >= 15 is 0 Å². The Morgan fingerprint density at radius 2 is 2.10 bits per heavy atom. The number of nitrogens with one attached hydrogen (secondary N) is 1. The van der Waals surface area contributed by atoms with Crippen LogP contribution in [-0.4, -0.2) is 51.0 Å². The topological polar surface area (TPSA) is 113 Å². The molecule has 0 aliphatic rings. The van der Waals surface area contributed by atoms with Gasteiger partial charge in [0.2, 0.25) is 10.0 Å². The molecule has 1 rings (SSSR count). The molecule has 0 saturated heterocycles. The van der Waals surface area contributed by atoms with Gasteiger partial charge in [0, 0.05) is 7.11 Å². The average molecular weight is 321 g/mol. The summed E-state index contributed by atoms with van der Waals surface area (Å²) in [6.45, 7) is 0.695. The van der Waals surface area contributed by atoms with E-state index in [0.717, 1.165) is 12.1 Å². The normalized spacial score (nSPS) is 13.1. The maximum absolute atomic E-state index is 13.6. The van der Waals surface area contributed by atoms with Gasteiger partial charge < -0.3 is 14.9 Å². The van der Waals surface area contributed by atoms with Gasteiger partial charge in [0.15, 0.2) is 0 Å². The Balaban J connectivity index is 3.23. The van der Waals surface area contributed by atoms with E-state index in [2.05, 4.69) is 4.72 Å². The standard InChI is InChI=1S/C12H16FNO6S/c1-7-3-9(4-10(11(7)13)12(16)17)21(18,19)14-8(5-15)6-20-2/h3-4,8,14-15H,5-6H2,1-2H3,(H,16,17). The fraction of sp³-hybridized carbons (Fsp3) is 0.417. The van der Waals surface area contributed by atoms with E-state index in [4.69, 9.17) is 14.9 Å². The Morgan fingerprint density at radius 1 is 1.48 bits per heavy atom. The summed E-state index contributed by atoms with van der Waals surface area (Å²) in [5.74, 6) is -2.56. The molecule has 0 spiro atoms. The third kappa shape index (κ3) is 4.21. The second-order valence-corrected chi connectivity index (χ2v) is 6.08. The fourth-order valence-electron chi connectivity index (χ4n) is 1.66. The second-order valence-electron chi connectivity index (χ2n) is 4.36. The number of hydrogen-bond acceptors (Lipinski definition) is 5. The van der Waals surface area contributed by atoms with Gasteiger partial charge in [-0.1, -0.05) is 0 Å². The first-order valence-electron chi connectivity index (χ1n) is 5.88. The van der Waals surface area contributed by atoms with Crippen molar-refractivity contribution in [1.82, 2.24) is 4.72 Å². The van der Waals surface area contributed by atoms with Crippen LogP contribution in [0.3, 0.4) is 0 Å². The quantitative estimate of drug-likeness (QED) is 0.657. The van der Waals surface area contributed by atoms with Crippen LogP contribution in [0.25, 0.3) is 0 Å². The van der Waals surface area contributed by atoms with Crippen molar-refractivity contribution in [3.63, 3.8) is 0 Å². The maximum atomic E-state index is 13.6. The molecule has 9 heteroatoms. The Labute approximate surface area is 121 Å². The van der Waals surface area contributed by atoms with Gasteiger partial charge in [0.1, 0.15) is 5.82 Å². The number of carboxylic acids is 1. The van der Waals surface area contributed by atoms with Gasteiger partial charge >= 0.3 is 5.97 Å². The molecule has 0 aliphatic heterocycles. The summed E-state index contributed by atoms with van der Waals surface area (Å²) >= 11 is 0. The predicted molar refractivity (Wildman–Crippen MR) is 71.2 cm³/mol. The van der Waals surface area contributed by atoms with E-state index < -0.39 is 44.9 Å². The van der Waals surface area contributed by atoms with Crippen LogP contribution in [0.5, 0.6) is 0 Å². The molecule has 1 aromatic rings. The summed E-state index contributed by atoms with van der Waals surface area (Å²) in [5.41, 5.74) is -0.842. The van der Waals surface area contributed by atoms with Crippen molar-refractivity contribution in [1.29, 1.82) is 0 Å². The lowest BCUT2D eigenvalue weighted by Crippen LogP contribution is -2.40. The number of hydrogen-bond donors (Lipinski definition) is 3. The lowest BCUT2D eigenvalue weighted by Gasteiger charge is -2.16. The van der Waals surface area contributed by atoms with Crippen molar-refractivity contribution >= 4 is 16.0 Å². The Hall–Kier alpha value is -1.55. The minimum absolute atomic E-state index is 0.0678. The molecular weight excluding hydrogens is 305 g/mol. The third-order valence-electron chi connectivity index (χ3n) is 2.68. The van der Waals surface area contributed by atoms with Crippen molar-refractivity contribution in [3.05, 3.63) is 29.1 Å². The molecule has 1 atom stereocenters. The Kier molecular flexibility index (Phi) is 5.78. The zero-order valence-electron chi connectivity index (χ0n) is 11.5. The summed E-state index contributed by atoms with van der Waals surface area (Å²) in [4.78, 5) is 10.5. The number of ether oxygens (including phenoxy) is 1. The van der Waals surface area contributed by atoms with Crippen LogP contribution in [0.1, 0.15) is 15.9 Å². The minimum Gasteiger partial charge on any atom is -0.478 e. The van der Waals surface area contributed by atoms with Gasteiger partial charge in [-0.05, 0) is 24.6 Å². The highest BCUT2D eigenvalue weighted by atomic mass is 32.2. The number of aryl methyl sites for hydroxylation is 1. The van der Waals surface area contributed by atoms with Gasteiger partial charge in [0.05, 0.1) is 29.7 Å². The number of aliphatic hydroxyl groups is 1. The monoisotopic (exact) mass is 321 g/mol. The van der Waals surface area contributed by atoms with E-state index in [9.17, 15) is 17.6 Å². The summed E-state index contributed by atoms with van der Waals surface area (Å²) in [6.07, 6.45) is 0. The van der Waals surface area contributed by atoms with Crippen molar-refractivity contribution in [3.8, 4) is 0 Å². The van der Waals surface area contributed by atoms with Crippen molar-refractivity contribution in [2.75, 3.05) is 20.3 Å². The number of methoxy groups -OCH3 is 1. The molecule has 1 aromatic carbocycles. The Morgan fingerprint density at radius 3 is 2.57 bits per heavy atom. The summed E-state index contributed by atoms with van der Waals surface area (Å²) in [7, 11) is -2.77. The molecule has 0 aromatic heterocycles. The second kappa shape index (κ2) is 6.94. The van der Waals surface area contributed by atoms with E-state index in [-0.39, 0.29) is 12.2 Å². The predicted octanol–water partition coefficient (Wildman–Crippen LogP) is 0.118. The lowest BCUT2D eigenvalue weighted by atomic mass is 10.1. The van der Waals surface area contributed by atoms with Gasteiger partial charge in [-0.15, -0.1) is 0 Å². The first kappa shape index (κ1) is 17.5. The number of sulfonamides is 1. The van der Waals surface area contributed by atoms with Crippen molar-refractivity contribution in [2.24, 2.45) is 0 Å². The average Bonchev–Trinajstić information content (AvgIpc) is 2.40. The highest BCUT2D eigenvalue weighted by molar-refractivity contribution is 7.89. The molecule has 1 unspecified atom stereocenters. The largest absolute Gasteiger partial charge is 0.478 e. The number of aliphatic hydroxyl groups excluding tert-OH is 1. The highest BCUT2D eigenvalue weighted by Gasteiger charge is 2.23. The fourth-order valence-corrected chi connectivity index (χ4v) is 2.98. The molecule has 0 aliphatic carbocycles. The van der Waals surface area contributed by atoms with Crippen LogP contribution in [-0.2, 0) is 14.8 Å². The van der Waals surface area contributed by atoms with E-state index in [1.54, 1.807) is 0 Å². The van der Waals surface area contributed by atoms with E-state index in [0.29, 0.717) is 0 Å². The van der Waals surface area contributed by atoms with Gasteiger partial charge in [-0.3, -0.25) is 0 Å². The lowest BCUT2D eigenvalue weighted by molar-refractivity contribution is 0.0691. The number of halogens is 1. The molecular formula is C12H16FNO6S. The van der Waals surface area contributed by atoms with Crippen LogP contribution in [0, 0.1) is 12.7 Å². The third-order valence-corrected chi connectivity index (χ3v) is 4.18. The van der Waals surface area contributed by atoms with Crippen LogP contribution >= 0.6 is 0 Å². The molecule has 0 radical (unpaired) electrons. The molecule has 7 nitrogen and oxygen atoms in total. The molecule has 0 amide bonds. The zero-order valence-corrected chi connectivity index (χ0v) is 12.3. The van der Waals surface area contributed by atoms with Crippen molar-refractivity contribution in [2.45, 2.75) is 17.9 Å². The van der Waals surface area contributed by atoms with Crippen LogP contribution in [0.15, 0.2) is 17.0 Å². The summed E-state index contributed by atoms with van der Waals surface area (Å²) < 4.78 is 44.8. The molecule has 3 N–H and O–H groups in total. The van der Waals surface area contributed by atoms with Gasteiger partial charge in [-0.2, -0.15) is 0 Å². The summed E-state index contributed by atoms with van der Waals surface area (Å²) in [5, 5.41) is 17.9. The smallest absolute Gasteiger partial charge is 0.338 e. The number of benzene rings is 1. The van der Waals surface area contributed by atoms with Gasteiger partial charge in [0.25, 0.3) is 0 Å². The highest BCUT2D eigenvalue weighted by Crippen LogP contribution is 2.19. The molecule has 118 valence electrons. The van der Waals surface area contributed by atoms with Crippen LogP contribution in [0.4, 0.5) is 4.39 Å². The molecule has 21 heavy (non-hydrogen) atoms. The van der Waals surface area contributed by atoms with Crippen LogP contribution in [0.2, 0.25) is 0 Å². The number of carbonyl (C=O) groups is 1. The Bertz CT molecular complexity index is 631. The molecule has 0 bridgehead atoms. The molecule has 0 heterocycles. The van der Waals surface area contributed by atoms with E-state index in [1.807, 2.05) is 0 Å². The first-order valence-corrected chi connectivity index (χ1v) is 7.36. The van der Waals surface area contributed by atoms with Crippen molar-refractivity contribution < 1.29 is 32.6 Å². The number of rotatable bonds is 7.